The molecule has 0 amide bonds. The van der Waals surface area contributed by atoms with Crippen LogP contribution in [-0.4, -0.2) is 35.5 Å². The molecule has 0 saturated heterocycles. The molecule has 0 saturated carbocycles. The van der Waals surface area contributed by atoms with Crippen LogP contribution in [0.4, 0.5) is 8.78 Å². The van der Waals surface area contributed by atoms with Gasteiger partial charge in [0.15, 0.2) is 16.7 Å². The summed E-state index contributed by atoms with van der Waals surface area (Å²) < 4.78 is 41.0. The molecule has 0 unspecified atom stereocenters. The van der Waals surface area contributed by atoms with Crippen molar-refractivity contribution in [2.45, 2.75) is 17.5 Å². The largest absolute Gasteiger partial charge is 0.493 e. The number of aromatic nitrogens is 3. The minimum Gasteiger partial charge on any atom is -0.493 e. The molecule has 1 aromatic carbocycles. The third kappa shape index (κ3) is 3.59. The van der Waals surface area contributed by atoms with E-state index in [-0.39, 0.29) is 5.75 Å². The molecule has 26 heavy (non-hydrogen) atoms. The maximum Gasteiger partial charge on any atom is 0.387 e. The summed E-state index contributed by atoms with van der Waals surface area (Å²) >= 11 is 1.33. The molecule has 0 aliphatic rings. The highest BCUT2D eigenvalue weighted by Crippen LogP contribution is 2.34. The lowest BCUT2D eigenvalue weighted by atomic mass is 10.3. The highest BCUT2D eigenvalue weighted by atomic mass is 32.2. The Balaban J connectivity index is 1.85. The molecule has 0 radical (unpaired) electrons. The van der Waals surface area contributed by atoms with Crippen LogP contribution in [0.1, 0.15) is 5.69 Å². The number of hydrogen-bond acceptors (Lipinski definition) is 7. The molecule has 2 aromatic heterocycles. The molecule has 0 aliphatic heterocycles. The number of halogens is 2. The summed E-state index contributed by atoms with van der Waals surface area (Å²) in [7, 11) is 3.09. The first-order valence-electron chi connectivity index (χ1n) is 7.44. The predicted octanol–water partition coefficient (Wildman–Crippen LogP) is 3.06. The van der Waals surface area contributed by atoms with Crippen LogP contribution >= 0.6 is 11.8 Å². The Bertz CT molecular complexity index is 920. The smallest absolute Gasteiger partial charge is 0.387 e. The van der Waals surface area contributed by atoms with E-state index < -0.39 is 6.61 Å². The number of pyridine rings is 1. The van der Waals surface area contributed by atoms with Crippen molar-refractivity contribution in [3.05, 3.63) is 36.2 Å². The van der Waals surface area contributed by atoms with Crippen LogP contribution in [0.3, 0.4) is 0 Å². The second-order valence-corrected chi connectivity index (χ2v) is 6.02. The fourth-order valence-electron chi connectivity index (χ4n) is 2.42. The number of nitrogens with two attached hydrogens (primary N) is 1. The first kappa shape index (κ1) is 18.1. The second kappa shape index (κ2) is 7.65. The number of methoxy groups -OCH3 is 2. The number of imidazole rings is 1. The number of alkyl halides is 2. The Morgan fingerprint density at radius 2 is 2.04 bits per heavy atom. The Labute approximate surface area is 152 Å². The molecular formula is C16H16F2N4O3S. The summed E-state index contributed by atoms with van der Waals surface area (Å²) in [6.07, 6.45) is 1.62. The number of thioether (sulfide) groups is 1. The van der Waals surface area contributed by atoms with Gasteiger partial charge in [0.1, 0.15) is 5.75 Å². The highest BCUT2D eigenvalue weighted by Gasteiger charge is 2.15. The van der Waals surface area contributed by atoms with Crippen LogP contribution in [0, 0.1) is 0 Å². The van der Waals surface area contributed by atoms with Crippen LogP contribution in [-0.2, 0) is 5.75 Å². The van der Waals surface area contributed by atoms with Gasteiger partial charge in [-0.2, -0.15) is 8.78 Å². The van der Waals surface area contributed by atoms with Gasteiger partial charge in [-0.15, -0.1) is 0 Å². The Morgan fingerprint density at radius 1 is 1.23 bits per heavy atom. The Morgan fingerprint density at radius 3 is 2.73 bits per heavy atom. The van der Waals surface area contributed by atoms with Gasteiger partial charge in [-0.1, -0.05) is 11.8 Å². The monoisotopic (exact) mass is 382 g/mol. The molecule has 0 fully saturated rings. The van der Waals surface area contributed by atoms with Crippen molar-refractivity contribution in [3.63, 3.8) is 0 Å². The van der Waals surface area contributed by atoms with Crippen molar-refractivity contribution in [3.8, 4) is 17.2 Å². The van der Waals surface area contributed by atoms with Crippen molar-refractivity contribution in [2.24, 2.45) is 0 Å². The molecule has 10 heteroatoms. The van der Waals surface area contributed by atoms with Crippen LogP contribution in [0.15, 0.2) is 35.6 Å². The van der Waals surface area contributed by atoms with Crippen molar-refractivity contribution in [2.75, 3.05) is 20.1 Å². The minimum atomic E-state index is -2.90. The number of benzene rings is 1. The van der Waals surface area contributed by atoms with E-state index in [1.54, 1.807) is 25.4 Å². The Hall–Kier alpha value is -2.75. The Kier molecular flexibility index (Phi) is 5.31. The number of ether oxygens (including phenoxy) is 3. The quantitative estimate of drug-likeness (QED) is 0.497. The predicted molar refractivity (Wildman–Crippen MR) is 93.4 cm³/mol. The van der Waals surface area contributed by atoms with Gasteiger partial charge in [-0.05, 0) is 12.1 Å². The average Bonchev–Trinajstić information content (AvgIpc) is 2.94. The molecule has 3 rings (SSSR count). The van der Waals surface area contributed by atoms with Crippen LogP contribution in [0.25, 0.3) is 11.0 Å². The van der Waals surface area contributed by atoms with Crippen molar-refractivity contribution >= 4 is 22.8 Å². The summed E-state index contributed by atoms with van der Waals surface area (Å²) in [4.78, 5) is 8.70. The minimum absolute atomic E-state index is 0.0202. The maximum absolute atomic E-state index is 12.4. The highest BCUT2D eigenvalue weighted by molar-refractivity contribution is 7.98. The average molecular weight is 382 g/mol. The number of rotatable bonds is 7. The number of hydrogen-bond donors (Lipinski definition) is 1. The van der Waals surface area contributed by atoms with Gasteiger partial charge < -0.3 is 20.1 Å². The molecule has 3 aromatic rings. The summed E-state index contributed by atoms with van der Waals surface area (Å²) in [5.41, 5.74) is 1.73. The summed E-state index contributed by atoms with van der Waals surface area (Å²) in [5.74, 6) is 7.61. The van der Waals surface area contributed by atoms with Crippen LogP contribution < -0.4 is 20.1 Å². The van der Waals surface area contributed by atoms with E-state index in [4.69, 9.17) is 15.3 Å². The molecule has 0 aliphatic carbocycles. The molecule has 2 N–H and O–H groups in total. The van der Waals surface area contributed by atoms with E-state index in [9.17, 15) is 8.78 Å². The summed E-state index contributed by atoms with van der Waals surface area (Å²) in [5, 5.41) is 0.501. The fourth-order valence-corrected chi connectivity index (χ4v) is 3.29. The summed E-state index contributed by atoms with van der Waals surface area (Å²) in [6.45, 7) is -2.90. The number of nitrogen functional groups attached to an aromatic ring is 1. The van der Waals surface area contributed by atoms with E-state index in [1.165, 1.54) is 35.7 Å². The second-order valence-electron chi connectivity index (χ2n) is 5.08. The standard InChI is InChI=1S/C16H16F2N4O3S/c1-23-13-5-6-20-11(14(13)24-2)8-26-16-21-10-4-3-9(25-15(17)18)7-12(10)22(16)19/h3-7,15H,8,19H2,1-2H3. The molecule has 0 spiro atoms. The first-order valence-corrected chi connectivity index (χ1v) is 8.43. The van der Waals surface area contributed by atoms with E-state index in [1.807, 2.05) is 0 Å². The lowest BCUT2D eigenvalue weighted by Crippen LogP contribution is -2.09. The van der Waals surface area contributed by atoms with Crippen molar-refractivity contribution < 1.29 is 23.0 Å². The van der Waals surface area contributed by atoms with Gasteiger partial charge in [0, 0.05) is 24.1 Å². The zero-order valence-electron chi connectivity index (χ0n) is 14.0. The SMILES string of the molecule is COc1ccnc(CSc2nc3ccc(OC(F)F)cc3n2N)c1OC. The van der Waals surface area contributed by atoms with Gasteiger partial charge in [0.25, 0.3) is 0 Å². The van der Waals surface area contributed by atoms with E-state index in [0.29, 0.717) is 39.1 Å². The third-order valence-electron chi connectivity index (χ3n) is 3.56. The normalized spacial score (nSPS) is 11.1. The third-order valence-corrected chi connectivity index (χ3v) is 4.52. The van der Waals surface area contributed by atoms with Crippen molar-refractivity contribution in [1.82, 2.24) is 14.6 Å². The molecule has 2 heterocycles. The van der Waals surface area contributed by atoms with Crippen LogP contribution in [0.5, 0.6) is 17.2 Å². The number of nitrogens with zero attached hydrogens (tertiary/aromatic N) is 3. The number of fused-ring (bicyclic) bond motifs is 1. The molecular weight excluding hydrogens is 366 g/mol. The first-order chi connectivity index (χ1) is 12.5. The van der Waals surface area contributed by atoms with E-state index in [0.717, 1.165) is 0 Å². The molecule has 138 valence electrons. The lowest BCUT2D eigenvalue weighted by molar-refractivity contribution is -0.0497. The zero-order valence-corrected chi connectivity index (χ0v) is 14.8. The topological polar surface area (TPSA) is 84.4 Å². The molecule has 0 bridgehead atoms. The van der Waals surface area contributed by atoms with Crippen molar-refractivity contribution in [1.29, 1.82) is 0 Å². The maximum atomic E-state index is 12.4. The fraction of sp³-hybridized carbons (Fsp3) is 0.250. The van der Waals surface area contributed by atoms with Gasteiger partial charge in [0.2, 0.25) is 0 Å². The molecule has 7 nitrogen and oxygen atoms in total. The van der Waals surface area contributed by atoms with Crippen LogP contribution in [0.2, 0.25) is 0 Å². The molecule has 0 atom stereocenters. The van der Waals surface area contributed by atoms with E-state index >= 15 is 0 Å². The van der Waals surface area contributed by atoms with Gasteiger partial charge in [0.05, 0.1) is 30.9 Å². The zero-order chi connectivity index (χ0) is 18.7. The van der Waals surface area contributed by atoms with Gasteiger partial charge >= 0.3 is 6.61 Å². The lowest BCUT2D eigenvalue weighted by Gasteiger charge is -2.11. The van der Waals surface area contributed by atoms with Gasteiger partial charge in [-0.3, -0.25) is 4.98 Å². The van der Waals surface area contributed by atoms with E-state index in [2.05, 4.69) is 14.7 Å². The van der Waals surface area contributed by atoms with Gasteiger partial charge in [-0.25, -0.2) is 9.66 Å². The summed E-state index contributed by atoms with van der Waals surface area (Å²) in [6, 6.07) is 6.12.